The summed E-state index contributed by atoms with van der Waals surface area (Å²) in [6.07, 6.45) is 1.93. The quantitative estimate of drug-likeness (QED) is 0.664. The molecule has 0 spiro atoms. The van der Waals surface area contributed by atoms with Crippen molar-refractivity contribution in [3.63, 3.8) is 0 Å². The third kappa shape index (κ3) is 4.35. The van der Waals surface area contributed by atoms with Crippen molar-refractivity contribution >= 4 is 0 Å². The SMILES string of the molecule is CCNCCNCc1ccc(C)nc1. The van der Waals surface area contributed by atoms with Crippen LogP contribution in [0.15, 0.2) is 18.3 Å². The summed E-state index contributed by atoms with van der Waals surface area (Å²) in [6, 6.07) is 4.16. The second-order valence-corrected chi connectivity index (χ2v) is 3.34. The Morgan fingerprint density at radius 2 is 2.00 bits per heavy atom. The molecule has 0 fully saturated rings. The van der Waals surface area contributed by atoms with Crippen molar-refractivity contribution in [1.82, 2.24) is 15.6 Å². The first-order valence-electron chi connectivity index (χ1n) is 5.16. The summed E-state index contributed by atoms with van der Waals surface area (Å²) in [5.41, 5.74) is 2.31. The number of hydrogen-bond acceptors (Lipinski definition) is 3. The van der Waals surface area contributed by atoms with Crippen LogP contribution >= 0.6 is 0 Å². The predicted molar refractivity (Wildman–Crippen MR) is 59.2 cm³/mol. The number of nitrogens with zero attached hydrogens (tertiary/aromatic N) is 1. The van der Waals surface area contributed by atoms with Crippen molar-refractivity contribution in [1.29, 1.82) is 0 Å². The monoisotopic (exact) mass is 193 g/mol. The second-order valence-electron chi connectivity index (χ2n) is 3.34. The molecule has 2 N–H and O–H groups in total. The van der Waals surface area contributed by atoms with Crippen LogP contribution in [0.1, 0.15) is 18.2 Å². The van der Waals surface area contributed by atoms with Crippen LogP contribution in [0, 0.1) is 6.92 Å². The number of hydrogen-bond donors (Lipinski definition) is 2. The van der Waals surface area contributed by atoms with E-state index >= 15 is 0 Å². The number of nitrogens with one attached hydrogen (secondary N) is 2. The van der Waals surface area contributed by atoms with Crippen LogP contribution < -0.4 is 10.6 Å². The largest absolute Gasteiger partial charge is 0.316 e. The minimum absolute atomic E-state index is 0.901. The molecule has 0 aliphatic carbocycles. The standard InChI is InChI=1S/C11H19N3/c1-3-12-6-7-13-8-11-5-4-10(2)14-9-11/h4-5,9,12-13H,3,6-8H2,1-2H3. The van der Waals surface area contributed by atoms with Crippen LogP contribution in [0.3, 0.4) is 0 Å². The smallest absolute Gasteiger partial charge is 0.0372 e. The van der Waals surface area contributed by atoms with Crippen LogP contribution in [0.4, 0.5) is 0 Å². The average molecular weight is 193 g/mol. The van der Waals surface area contributed by atoms with Crippen LogP contribution in [0.25, 0.3) is 0 Å². The third-order valence-corrected chi connectivity index (χ3v) is 2.03. The Balaban J connectivity index is 2.15. The summed E-state index contributed by atoms with van der Waals surface area (Å²) in [5.74, 6) is 0. The van der Waals surface area contributed by atoms with Gasteiger partial charge in [0.05, 0.1) is 0 Å². The van der Waals surface area contributed by atoms with Crippen LogP contribution in [-0.4, -0.2) is 24.6 Å². The highest BCUT2D eigenvalue weighted by atomic mass is 14.9. The summed E-state index contributed by atoms with van der Waals surface area (Å²) in [7, 11) is 0. The fourth-order valence-corrected chi connectivity index (χ4v) is 1.19. The van der Waals surface area contributed by atoms with E-state index in [0.717, 1.165) is 31.9 Å². The molecule has 0 aliphatic rings. The average Bonchev–Trinajstić information content (AvgIpc) is 2.21. The highest BCUT2D eigenvalue weighted by molar-refractivity contribution is 5.12. The molecule has 0 saturated heterocycles. The van der Waals surface area contributed by atoms with E-state index in [2.05, 4.69) is 28.6 Å². The Labute approximate surface area is 85.9 Å². The maximum atomic E-state index is 4.24. The topological polar surface area (TPSA) is 37.0 Å². The molecule has 3 nitrogen and oxygen atoms in total. The van der Waals surface area contributed by atoms with Gasteiger partial charge in [0, 0.05) is 31.5 Å². The molecule has 1 rings (SSSR count). The van der Waals surface area contributed by atoms with Crippen molar-refractivity contribution < 1.29 is 0 Å². The van der Waals surface area contributed by atoms with E-state index in [4.69, 9.17) is 0 Å². The van der Waals surface area contributed by atoms with Crippen molar-refractivity contribution in [3.8, 4) is 0 Å². The zero-order chi connectivity index (χ0) is 10.2. The Hall–Kier alpha value is -0.930. The van der Waals surface area contributed by atoms with Crippen molar-refractivity contribution in [3.05, 3.63) is 29.6 Å². The highest BCUT2D eigenvalue weighted by Crippen LogP contribution is 1.97. The molecule has 3 heteroatoms. The van der Waals surface area contributed by atoms with Crippen LogP contribution in [0.5, 0.6) is 0 Å². The summed E-state index contributed by atoms with van der Waals surface area (Å²) in [6.45, 7) is 8.08. The van der Waals surface area contributed by atoms with Crippen molar-refractivity contribution in [2.45, 2.75) is 20.4 Å². The van der Waals surface area contributed by atoms with E-state index in [1.54, 1.807) is 0 Å². The highest BCUT2D eigenvalue weighted by Gasteiger charge is 1.92. The molecular formula is C11H19N3. The van der Waals surface area contributed by atoms with E-state index < -0.39 is 0 Å². The minimum Gasteiger partial charge on any atom is -0.316 e. The van der Waals surface area contributed by atoms with Gasteiger partial charge in [-0.05, 0) is 25.1 Å². The Kier molecular flexibility index (Phi) is 5.19. The van der Waals surface area contributed by atoms with E-state index in [-0.39, 0.29) is 0 Å². The molecule has 0 atom stereocenters. The van der Waals surface area contributed by atoms with Gasteiger partial charge in [-0.1, -0.05) is 13.0 Å². The molecule has 78 valence electrons. The normalized spacial score (nSPS) is 10.4. The zero-order valence-electron chi connectivity index (χ0n) is 9.01. The summed E-state index contributed by atoms with van der Waals surface area (Å²) >= 11 is 0. The molecule has 1 aromatic heterocycles. The molecule has 0 amide bonds. The zero-order valence-corrected chi connectivity index (χ0v) is 9.01. The first-order valence-corrected chi connectivity index (χ1v) is 5.16. The lowest BCUT2D eigenvalue weighted by Gasteiger charge is -2.04. The molecule has 0 radical (unpaired) electrons. The third-order valence-electron chi connectivity index (χ3n) is 2.03. The number of aryl methyl sites for hydroxylation is 1. The van der Waals surface area contributed by atoms with Crippen molar-refractivity contribution in [2.75, 3.05) is 19.6 Å². The van der Waals surface area contributed by atoms with E-state index in [0.29, 0.717) is 0 Å². The van der Waals surface area contributed by atoms with E-state index in [1.165, 1.54) is 5.56 Å². The van der Waals surface area contributed by atoms with Crippen molar-refractivity contribution in [2.24, 2.45) is 0 Å². The molecule has 0 saturated carbocycles. The van der Waals surface area contributed by atoms with Gasteiger partial charge >= 0.3 is 0 Å². The van der Waals surface area contributed by atoms with Crippen LogP contribution in [-0.2, 0) is 6.54 Å². The maximum absolute atomic E-state index is 4.24. The van der Waals surface area contributed by atoms with Gasteiger partial charge in [0.15, 0.2) is 0 Å². The second kappa shape index (κ2) is 6.51. The summed E-state index contributed by atoms with van der Waals surface area (Å²) < 4.78 is 0. The molecule has 0 unspecified atom stereocenters. The van der Waals surface area contributed by atoms with Gasteiger partial charge in [-0.2, -0.15) is 0 Å². The molecular weight excluding hydrogens is 174 g/mol. The summed E-state index contributed by atoms with van der Waals surface area (Å²) in [4.78, 5) is 4.24. The first-order chi connectivity index (χ1) is 6.83. The number of likely N-dealkylation sites (N-methyl/N-ethyl adjacent to an activating group) is 1. The molecule has 0 aliphatic heterocycles. The minimum atomic E-state index is 0.901. The lowest BCUT2D eigenvalue weighted by atomic mass is 10.2. The molecule has 1 aromatic rings. The van der Waals surface area contributed by atoms with Crippen LogP contribution in [0.2, 0.25) is 0 Å². The lowest BCUT2D eigenvalue weighted by molar-refractivity contribution is 0.624. The van der Waals surface area contributed by atoms with Gasteiger partial charge in [-0.25, -0.2) is 0 Å². The molecule has 1 heterocycles. The Bertz CT molecular complexity index is 243. The maximum Gasteiger partial charge on any atom is 0.0372 e. The molecule has 14 heavy (non-hydrogen) atoms. The number of pyridine rings is 1. The van der Waals surface area contributed by atoms with Gasteiger partial charge in [0.2, 0.25) is 0 Å². The van der Waals surface area contributed by atoms with Gasteiger partial charge < -0.3 is 10.6 Å². The number of aromatic nitrogens is 1. The number of rotatable bonds is 6. The Morgan fingerprint density at radius 1 is 1.21 bits per heavy atom. The first kappa shape index (κ1) is 11.1. The van der Waals surface area contributed by atoms with Gasteiger partial charge in [0.1, 0.15) is 0 Å². The van der Waals surface area contributed by atoms with Gasteiger partial charge in [-0.3, -0.25) is 4.98 Å². The molecule has 0 aromatic carbocycles. The Morgan fingerprint density at radius 3 is 2.64 bits per heavy atom. The van der Waals surface area contributed by atoms with Gasteiger partial charge in [0.25, 0.3) is 0 Å². The van der Waals surface area contributed by atoms with E-state index in [9.17, 15) is 0 Å². The summed E-state index contributed by atoms with van der Waals surface area (Å²) in [5, 5.41) is 6.62. The fourth-order valence-electron chi connectivity index (χ4n) is 1.19. The molecule has 0 bridgehead atoms. The predicted octanol–water partition coefficient (Wildman–Crippen LogP) is 1.09. The van der Waals surface area contributed by atoms with E-state index in [1.807, 2.05) is 19.2 Å². The lowest BCUT2D eigenvalue weighted by Crippen LogP contribution is -2.26. The fraction of sp³-hybridized carbons (Fsp3) is 0.545. The van der Waals surface area contributed by atoms with Gasteiger partial charge in [-0.15, -0.1) is 0 Å².